The Labute approximate surface area is 100 Å². The van der Waals surface area contributed by atoms with E-state index in [1.54, 1.807) is 18.1 Å². The number of tetrazole rings is 1. The van der Waals surface area contributed by atoms with Crippen LogP contribution in [0.3, 0.4) is 0 Å². The Bertz CT molecular complexity index is 479. The van der Waals surface area contributed by atoms with E-state index in [4.69, 9.17) is 4.74 Å². The maximum atomic E-state index is 5.25. The van der Waals surface area contributed by atoms with Crippen LogP contribution in [0.5, 0.6) is 5.75 Å². The van der Waals surface area contributed by atoms with E-state index in [9.17, 15) is 0 Å². The molecule has 1 heterocycles. The highest BCUT2D eigenvalue weighted by molar-refractivity contribution is 5.45. The fraction of sp³-hybridized carbons (Fsp3) is 0.417. The Morgan fingerprint density at radius 1 is 1.35 bits per heavy atom. The summed E-state index contributed by atoms with van der Waals surface area (Å²) in [5.74, 6) is 1.43. The van der Waals surface area contributed by atoms with Gasteiger partial charge in [-0.1, -0.05) is 13.8 Å². The van der Waals surface area contributed by atoms with E-state index in [1.165, 1.54) is 5.56 Å². The van der Waals surface area contributed by atoms with Crippen molar-refractivity contribution < 1.29 is 4.74 Å². The highest BCUT2D eigenvalue weighted by Crippen LogP contribution is 2.22. The minimum Gasteiger partial charge on any atom is -0.497 e. The summed E-state index contributed by atoms with van der Waals surface area (Å²) >= 11 is 0. The zero-order chi connectivity index (χ0) is 12.3. The molecule has 0 spiro atoms. The van der Waals surface area contributed by atoms with Gasteiger partial charge in [0.05, 0.1) is 12.8 Å². The maximum Gasteiger partial charge on any atom is 0.143 e. The highest BCUT2D eigenvalue weighted by Gasteiger charge is 2.09. The average Bonchev–Trinajstić information content (AvgIpc) is 2.81. The third-order valence-electron chi connectivity index (χ3n) is 2.51. The van der Waals surface area contributed by atoms with Crippen LogP contribution in [0.4, 0.5) is 0 Å². The normalized spacial score (nSPS) is 10.8. The first-order valence-electron chi connectivity index (χ1n) is 5.61. The number of hydrogen-bond donors (Lipinski definition) is 0. The molecule has 2 aromatic rings. The minimum absolute atomic E-state index is 0.567. The smallest absolute Gasteiger partial charge is 0.143 e. The molecule has 0 bridgehead atoms. The van der Waals surface area contributed by atoms with Crippen molar-refractivity contribution in [2.75, 3.05) is 7.11 Å². The summed E-state index contributed by atoms with van der Waals surface area (Å²) in [6.45, 7) is 4.37. The molecule has 0 radical (unpaired) electrons. The predicted octanol–water partition coefficient (Wildman–Crippen LogP) is 1.87. The van der Waals surface area contributed by atoms with Crippen LogP contribution in [0.15, 0.2) is 24.5 Å². The van der Waals surface area contributed by atoms with Crippen LogP contribution >= 0.6 is 0 Å². The Hall–Kier alpha value is -1.91. The minimum atomic E-state index is 0.567. The average molecular weight is 232 g/mol. The summed E-state index contributed by atoms with van der Waals surface area (Å²) in [5, 5.41) is 11.2. The molecule has 0 saturated heterocycles. The van der Waals surface area contributed by atoms with E-state index in [0.29, 0.717) is 5.92 Å². The van der Waals surface area contributed by atoms with Crippen molar-refractivity contribution in [3.8, 4) is 11.4 Å². The summed E-state index contributed by atoms with van der Waals surface area (Å²) < 4.78 is 6.93. The van der Waals surface area contributed by atoms with Gasteiger partial charge in [0.25, 0.3) is 0 Å². The highest BCUT2D eigenvalue weighted by atomic mass is 16.5. The quantitative estimate of drug-likeness (QED) is 0.807. The van der Waals surface area contributed by atoms with Gasteiger partial charge in [0, 0.05) is 0 Å². The molecule has 5 nitrogen and oxygen atoms in total. The van der Waals surface area contributed by atoms with Gasteiger partial charge in [-0.3, -0.25) is 0 Å². The number of aromatic nitrogens is 4. The summed E-state index contributed by atoms with van der Waals surface area (Å²) in [6, 6.07) is 5.94. The molecule has 5 heteroatoms. The molecular weight excluding hydrogens is 216 g/mol. The second-order valence-corrected chi connectivity index (χ2v) is 4.35. The third-order valence-corrected chi connectivity index (χ3v) is 2.51. The fourth-order valence-electron chi connectivity index (χ4n) is 1.79. The van der Waals surface area contributed by atoms with Crippen LogP contribution in [0.1, 0.15) is 19.4 Å². The molecule has 0 aliphatic rings. The van der Waals surface area contributed by atoms with Gasteiger partial charge in [0.1, 0.15) is 12.1 Å². The number of benzene rings is 1. The number of rotatable bonds is 4. The van der Waals surface area contributed by atoms with Crippen molar-refractivity contribution in [1.29, 1.82) is 0 Å². The van der Waals surface area contributed by atoms with Crippen LogP contribution < -0.4 is 4.74 Å². The van der Waals surface area contributed by atoms with Crippen molar-refractivity contribution in [3.63, 3.8) is 0 Å². The van der Waals surface area contributed by atoms with Crippen molar-refractivity contribution in [3.05, 3.63) is 30.1 Å². The molecule has 1 aromatic heterocycles. The van der Waals surface area contributed by atoms with E-state index in [2.05, 4.69) is 29.4 Å². The van der Waals surface area contributed by atoms with Gasteiger partial charge < -0.3 is 4.74 Å². The van der Waals surface area contributed by atoms with Gasteiger partial charge in [-0.2, -0.15) is 0 Å². The molecule has 0 fully saturated rings. The molecule has 0 unspecified atom stereocenters. The van der Waals surface area contributed by atoms with Crippen molar-refractivity contribution in [1.82, 2.24) is 20.2 Å². The second-order valence-electron chi connectivity index (χ2n) is 4.35. The molecule has 1 aromatic carbocycles. The van der Waals surface area contributed by atoms with E-state index < -0.39 is 0 Å². The molecular formula is C12H16N4O. The van der Waals surface area contributed by atoms with Crippen molar-refractivity contribution >= 4 is 0 Å². The lowest BCUT2D eigenvalue weighted by molar-refractivity contribution is 0.414. The molecule has 0 atom stereocenters. The monoisotopic (exact) mass is 232 g/mol. The molecule has 0 aliphatic heterocycles. The van der Waals surface area contributed by atoms with Crippen LogP contribution in [0.2, 0.25) is 0 Å². The first-order chi connectivity index (χ1) is 8.20. The number of hydrogen-bond acceptors (Lipinski definition) is 4. The molecule has 0 aliphatic carbocycles. The topological polar surface area (TPSA) is 52.8 Å². The van der Waals surface area contributed by atoms with Crippen LogP contribution in [0.25, 0.3) is 5.69 Å². The Balaban J connectivity index is 2.43. The molecule has 2 rings (SSSR count). The van der Waals surface area contributed by atoms with Crippen molar-refractivity contribution in [2.24, 2.45) is 5.92 Å². The second kappa shape index (κ2) is 4.95. The standard InChI is InChI=1S/C12H16N4O/c1-9(2)6-10-7-11(17-3)4-5-12(10)16-8-13-14-15-16/h4-5,7-9H,6H2,1-3H3. The number of methoxy groups -OCH3 is 1. The number of nitrogens with zero attached hydrogens (tertiary/aromatic N) is 4. The summed E-state index contributed by atoms with van der Waals surface area (Å²) in [7, 11) is 1.67. The van der Waals surface area contributed by atoms with Gasteiger partial charge in [-0.25, -0.2) is 4.68 Å². The lowest BCUT2D eigenvalue weighted by Gasteiger charge is -2.12. The first kappa shape index (κ1) is 11.6. The van der Waals surface area contributed by atoms with E-state index in [0.717, 1.165) is 17.9 Å². The van der Waals surface area contributed by atoms with Crippen molar-refractivity contribution in [2.45, 2.75) is 20.3 Å². The fourth-order valence-corrected chi connectivity index (χ4v) is 1.79. The summed E-state index contributed by atoms with van der Waals surface area (Å²) in [6.07, 6.45) is 2.57. The third kappa shape index (κ3) is 2.61. The molecule has 17 heavy (non-hydrogen) atoms. The Kier molecular flexibility index (Phi) is 3.37. The van der Waals surface area contributed by atoms with Gasteiger partial charge in [-0.15, -0.1) is 5.10 Å². The maximum absolute atomic E-state index is 5.25. The van der Waals surface area contributed by atoms with Crippen LogP contribution in [-0.4, -0.2) is 27.3 Å². The molecule has 90 valence electrons. The number of ether oxygens (including phenoxy) is 1. The van der Waals surface area contributed by atoms with Gasteiger partial charge in [0.15, 0.2) is 0 Å². The Morgan fingerprint density at radius 3 is 2.76 bits per heavy atom. The zero-order valence-electron chi connectivity index (χ0n) is 10.3. The van der Waals surface area contributed by atoms with E-state index in [1.807, 2.05) is 18.2 Å². The molecule has 0 N–H and O–H groups in total. The largest absolute Gasteiger partial charge is 0.497 e. The van der Waals surface area contributed by atoms with Crippen LogP contribution in [-0.2, 0) is 6.42 Å². The van der Waals surface area contributed by atoms with E-state index >= 15 is 0 Å². The molecule has 0 amide bonds. The SMILES string of the molecule is COc1ccc(-n2cnnn2)c(CC(C)C)c1. The van der Waals surface area contributed by atoms with Gasteiger partial charge in [0.2, 0.25) is 0 Å². The first-order valence-corrected chi connectivity index (χ1v) is 5.61. The molecule has 0 saturated carbocycles. The summed E-state index contributed by atoms with van der Waals surface area (Å²) in [5.41, 5.74) is 2.19. The summed E-state index contributed by atoms with van der Waals surface area (Å²) in [4.78, 5) is 0. The van der Waals surface area contributed by atoms with E-state index in [-0.39, 0.29) is 0 Å². The predicted molar refractivity (Wildman–Crippen MR) is 64.2 cm³/mol. The van der Waals surface area contributed by atoms with Gasteiger partial charge in [-0.05, 0) is 46.5 Å². The zero-order valence-corrected chi connectivity index (χ0v) is 10.3. The van der Waals surface area contributed by atoms with Gasteiger partial charge >= 0.3 is 0 Å². The lowest BCUT2D eigenvalue weighted by Crippen LogP contribution is -2.04. The lowest BCUT2D eigenvalue weighted by atomic mass is 10.0. The Morgan fingerprint density at radius 2 is 2.18 bits per heavy atom. The van der Waals surface area contributed by atoms with Crippen LogP contribution in [0, 0.1) is 5.92 Å².